The van der Waals surface area contributed by atoms with Crippen molar-refractivity contribution in [1.82, 2.24) is 0 Å². The fourth-order valence-corrected chi connectivity index (χ4v) is 3.81. The summed E-state index contributed by atoms with van der Waals surface area (Å²) in [6.07, 6.45) is 2.26. The van der Waals surface area contributed by atoms with E-state index in [1.54, 1.807) is 24.4 Å². The summed E-state index contributed by atoms with van der Waals surface area (Å²) in [4.78, 5) is 4.38. The molecule has 0 fully saturated rings. The minimum Gasteiger partial charge on any atom is -0.507 e. The molecular weight excluding hydrogens is 481 g/mol. The Morgan fingerprint density at radius 2 is 1.65 bits per heavy atom. The zero-order valence-electron chi connectivity index (χ0n) is 13.5. The van der Waals surface area contributed by atoms with Gasteiger partial charge in [0.05, 0.1) is 14.6 Å². The van der Waals surface area contributed by atoms with Crippen LogP contribution in [0, 0.1) is 0 Å². The van der Waals surface area contributed by atoms with Crippen molar-refractivity contribution in [2.75, 3.05) is 0 Å². The fraction of sp³-hybridized carbons (Fsp3) is 0.0500. The number of hydrogen-bond acceptors (Lipinski definition) is 3. The van der Waals surface area contributed by atoms with Gasteiger partial charge in [-0.15, -0.1) is 0 Å². The van der Waals surface area contributed by atoms with Gasteiger partial charge in [0.1, 0.15) is 11.5 Å². The van der Waals surface area contributed by atoms with Crippen molar-refractivity contribution < 1.29 is 10.2 Å². The quantitative estimate of drug-likeness (QED) is 0.400. The Balaban J connectivity index is 1.87. The molecule has 0 aliphatic rings. The lowest BCUT2D eigenvalue weighted by Crippen LogP contribution is -1.92. The Labute approximate surface area is 173 Å². The summed E-state index contributed by atoms with van der Waals surface area (Å²) in [5.74, 6) is 0.266. The molecule has 3 aromatic rings. The number of benzene rings is 3. The highest BCUT2D eigenvalue weighted by Crippen LogP contribution is 2.36. The van der Waals surface area contributed by atoms with E-state index in [1.807, 2.05) is 36.4 Å². The average molecular weight is 496 g/mol. The molecule has 132 valence electrons. The number of hydrogen-bond donors (Lipinski definition) is 2. The summed E-state index contributed by atoms with van der Waals surface area (Å²) in [6, 6.07) is 16.5. The summed E-state index contributed by atoms with van der Waals surface area (Å²) in [5, 5.41) is 20.6. The van der Waals surface area contributed by atoms with Crippen molar-refractivity contribution >= 4 is 55.4 Å². The van der Waals surface area contributed by atoms with E-state index in [2.05, 4.69) is 36.9 Å². The van der Waals surface area contributed by atoms with Gasteiger partial charge in [0.15, 0.2) is 0 Å². The highest BCUT2D eigenvalue weighted by Gasteiger charge is 2.07. The first-order chi connectivity index (χ1) is 12.4. The first kappa shape index (κ1) is 19.0. The number of aromatic hydroxyl groups is 2. The lowest BCUT2D eigenvalue weighted by Gasteiger charge is -2.07. The van der Waals surface area contributed by atoms with Crippen LogP contribution in [0.4, 0.5) is 5.69 Å². The summed E-state index contributed by atoms with van der Waals surface area (Å²) in [5.41, 5.74) is 3.28. The van der Waals surface area contributed by atoms with Gasteiger partial charge in [-0.2, -0.15) is 0 Å². The van der Waals surface area contributed by atoms with E-state index in [4.69, 9.17) is 11.6 Å². The monoisotopic (exact) mass is 493 g/mol. The molecule has 0 amide bonds. The van der Waals surface area contributed by atoms with Crippen LogP contribution in [-0.4, -0.2) is 16.4 Å². The minimum atomic E-state index is 0.119. The molecule has 6 heteroatoms. The lowest BCUT2D eigenvalue weighted by molar-refractivity contribution is 0.468. The molecular formula is C20H14Br2ClNO2. The molecule has 0 spiro atoms. The van der Waals surface area contributed by atoms with Crippen molar-refractivity contribution in [2.45, 2.75) is 6.42 Å². The summed E-state index contributed by atoms with van der Waals surface area (Å²) in [7, 11) is 0. The van der Waals surface area contributed by atoms with Crippen molar-refractivity contribution in [1.29, 1.82) is 0 Å². The van der Waals surface area contributed by atoms with Gasteiger partial charge in [-0.3, -0.25) is 4.99 Å². The fourth-order valence-electron chi connectivity index (χ4n) is 2.45. The molecule has 3 nitrogen and oxygen atoms in total. The molecule has 0 atom stereocenters. The molecule has 0 saturated carbocycles. The Morgan fingerprint density at radius 1 is 0.962 bits per heavy atom. The van der Waals surface area contributed by atoms with Crippen molar-refractivity contribution in [3.63, 3.8) is 0 Å². The molecule has 0 saturated heterocycles. The highest BCUT2D eigenvalue weighted by atomic mass is 79.9. The van der Waals surface area contributed by atoms with Crippen LogP contribution in [0.1, 0.15) is 16.7 Å². The smallest absolute Gasteiger partial charge is 0.144 e. The topological polar surface area (TPSA) is 52.8 Å². The zero-order chi connectivity index (χ0) is 18.7. The average Bonchev–Trinajstić information content (AvgIpc) is 2.62. The van der Waals surface area contributed by atoms with Gasteiger partial charge in [-0.25, -0.2) is 0 Å². The summed E-state index contributed by atoms with van der Waals surface area (Å²) >= 11 is 12.8. The molecule has 26 heavy (non-hydrogen) atoms. The number of phenols is 2. The Morgan fingerprint density at radius 3 is 2.35 bits per heavy atom. The van der Waals surface area contributed by atoms with Gasteiger partial charge in [0.2, 0.25) is 0 Å². The van der Waals surface area contributed by atoms with E-state index in [0.717, 1.165) is 16.1 Å². The van der Waals surface area contributed by atoms with Gasteiger partial charge in [-0.05, 0) is 79.7 Å². The number of rotatable bonds is 4. The molecule has 3 rings (SSSR count). The third-order valence-electron chi connectivity index (χ3n) is 3.80. The maximum atomic E-state index is 10.1. The lowest BCUT2D eigenvalue weighted by atomic mass is 10.0. The zero-order valence-corrected chi connectivity index (χ0v) is 17.4. The molecule has 2 N–H and O–H groups in total. The first-order valence-corrected chi connectivity index (χ1v) is 9.68. The SMILES string of the molecule is Oc1ccc(Cc2ccccc2Cl)cc1C=Nc1cc(Br)c(O)c(Br)c1. The number of nitrogens with zero attached hydrogens (tertiary/aromatic N) is 1. The molecule has 0 bridgehead atoms. The summed E-state index contributed by atoms with van der Waals surface area (Å²) < 4.78 is 1.08. The maximum Gasteiger partial charge on any atom is 0.144 e. The van der Waals surface area contributed by atoms with E-state index in [0.29, 0.717) is 26.6 Å². The van der Waals surface area contributed by atoms with Crippen LogP contribution < -0.4 is 0 Å². The van der Waals surface area contributed by atoms with Crippen LogP contribution in [0.5, 0.6) is 11.5 Å². The molecule has 0 aliphatic heterocycles. The molecule has 0 heterocycles. The standard InChI is InChI=1S/C20H14Br2ClNO2/c21-16-9-15(10-17(22)20(16)26)24-11-14-8-12(5-6-19(14)25)7-13-3-1-2-4-18(13)23/h1-6,8-11,25-26H,7H2. The van der Waals surface area contributed by atoms with Gasteiger partial charge >= 0.3 is 0 Å². The molecule has 0 unspecified atom stereocenters. The predicted octanol–water partition coefficient (Wildman–Crippen LogP) is 6.62. The van der Waals surface area contributed by atoms with Crippen LogP contribution in [0.3, 0.4) is 0 Å². The van der Waals surface area contributed by atoms with Crippen molar-refractivity contribution in [2.24, 2.45) is 4.99 Å². The van der Waals surface area contributed by atoms with Crippen LogP contribution in [0.15, 0.2) is 68.5 Å². The highest BCUT2D eigenvalue weighted by molar-refractivity contribution is 9.11. The second-order valence-corrected chi connectivity index (χ2v) is 7.79. The molecule has 0 radical (unpaired) electrons. The third-order valence-corrected chi connectivity index (χ3v) is 5.38. The molecule has 3 aromatic carbocycles. The van der Waals surface area contributed by atoms with Gasteiger partial charge in [0.25, 0.3) is 0 Å². The number of aliphatic imine (C=N–C) groups is 1. The minimum absolute atomic E-state index is 0.119. The van der Waals surface area contributed by atoms with E-state index >= 15 is 0 Å². The Hall–Kier alpha value is -1.82. The van der Waals surface area contributed by atoms with Crippen LogP contribution >= 0.6 is 43.5 Å². The largest absolute Gasteiger partial charge is 0.507 e. The van der Waals surface area contributed by atoms with E-state index in [1.165, 1.54) is 0 Å². The van der Waals surface area contributed by atoms with Crippen molar-refractivity contribution in [3.8, 4) is 11.5 Å². The normalized spacial score (nSPS) is 11.2. The number of halogens is 3. The Kier molecular flexibility index (Phi) is 6.01. The number of phenolic OH excluding ortho intramolecular Hbond substituents is 2. The van der Waals surface area contributed by atoms with Crippen LogP contribution in [0.2, 0.25) is 5.02 Å². The van der Waals surface area contributed by atoms with Gasteiger partial charge in [-0.1, -0.05) is 35.9 Å². The summed E-state index contributed by atoms with van der Waals surface area (Å²) in [6.45, 7) is 0. The van der Waals surface area contributed by atoms with E-state index < -0.39 is 0 Å². The van der Waals surface area contributed by atoms with Gasteiger partial charge in [0, 0.05) is 16.8 Å². The second kappa shape index (κ2) is 8.25. The van der Waals surface area contributed by atoms with Crippen LogP contribution in [0.25, 0.3) is 0 Å². The predicted molar refractivity (Wildman–Crippen MR) is 113 cm³/mol. The molecule has 0 aliphatic carbocycles. The Bertz CT molecular complexity index is 966. The van der Waals surface area contributed by atoms with E-state index in [-0.39, 0.29) is 11.5 Å². The van der Waals surface area contributed by atoms with E-state index in [9.17, 15) is 10.2 Å². The van der Waals surface area contributed by atoms with Crippen LogP contribution in [-0.2, 0) is 6.42 Å². The first-order valence-electron chi connectivity index (χ1n) is 7.71. The van der Waals surface area contributed by atoms with Crippen molar-refractivity contribution in [3.05, 3.63) is 85.3 Å². The molecule has 0 aromatic heterocycles. The third kappa shape index (κ3) is 4.47. The maximum absolute atomic E-state index is 10.1. The van der Waals surface area contributed by atoms with Gasteiger partial charge < -0.3 is 10.2 Å². The second-order valence-electron chi connectivity index (χ2n) is 5.68.